The summed E-state index contributed by atoms with van der Waals surface area (Å²) in [4.78, 5) is 0. The molecule has 1 N–H and O–H groups in total. The van der Waals surface area contributed by atoms with Crippen LogP contribution in [0.15, 0.2) is 30.3 Å². The van der Waals surface area contributed by atoms with Crippen LogP contribution in [0, 0.1) is 33.5 Å². The Balaban J connectivity index is 1.99. The van der Waals surface area contributed by atoms with Gasteiger partial charge in [-0.05, 0) is 55.5 Å². The predicted octanol–water partition coefficient (Wildman–Crippen LogP) is 4.35. The van der Waals surface area contributed by atoms with Gasteiger partial charge in [-0.2, -0.15) is 0 Å². The zero-order valence-electron chi connectivity index (χ0n) is 12.7. The second kappa shape index (κ2) is 6.19. The monoisotopic (exact) mass is 271 g/mol. The molecule has 0 atom stereocenters. The van der Waals surface area contributed by atoms with Crippen molar-refractivity contribution in [2.75, 3.05) is 0 Å². The Kier molecular flexibility index (Phi) is 4.56. The number of hydrogen-bond acceptors (Lipinski definition) is 1. The second-order valence-electron chi connectivity index (χ2n) is 5.58. The van der Waals surface area contributed by atoms with Gasteiger partial charge < -0.3 is 5.32 Å². The van der Waals surface area contributed by atoms with Gasteiger partial charge in [0.25, 0.3) is 0 Å². The quantitative estimate of drug-likeness (QED) is 0.871. The van der Waals surface area contributed by atoms with E-state index in [9.17, 15) is 4.39 Å². The molecule has 0 aliphatic carbocycles. The fourth-order valence-electron chi connectivity index (χ4n) is 2.52. The summed E-state index contributed by atoms with van der Waals surface area (Å²) in [5.74, 6) is -0.0943. The maximum Gasteiger partial charge on any atom is 0.129 e. The van der Waals surface area contributed by atoms with Crippen LogP contribution in [0.2, 0.25) is 0 Å². The Morgan fingerprint density at radius 2 is 1.50 bits per heavy atom. The molecule has 0 aromatic heterocycles. The molecule has 2 rings (SSSR count). The molecule has 0 bridgehead atoms. The van der Waals surface area contributed by atoms with E-state index in [4.69, 9.17) is 0 Å². The molecule has 2 aromatic rings. The fraction of sp³-hybridized carbons (Fsp3) is 0.333. The maximum atomic E-state index is 13.6. The SMILES string of the molecule is Cc1ccc(CNCc2cc(C)c(F)c(C)c2)c(C)c1. The highest BCUT2D eigenvalue weighted by Crippen LogP contribution is 2.15. The molecule has 0 amide bonds. The number of nitrogens with one attached hydrogen (secondary N) is 1. The Hall–Kier alpha value is -1.67. The normalized spacial score (nSPS) is 10.8. The maximum absolute atomic E-state index is 13.6. The van der Waals surface area contributed by atoms with Crippen molar-refractivity contribution in [2.24, 2.45) is 0 Å². The topological polar surface area (TPSA) is 12.0 Å². The number of benzene rings is 2. The number of aryl methyl sites for hydroxylation is 4. The summed E-state index contributed by atoms with van der Waals surface area (Å²) in [6.45, 7) is 9.47. The summed E-state index contributed by atoms with van der Waals surface area (Å²) in [6, 6.07) is 10.3. The summed E-state index contributed by atoms with van der Waals surface area (Å²) in [7, 11) is 0. The van der Waals surface area contributed by atoms with Crippen molar-refractivity contribution in [1.29, 1.82) is 0 Å². The van der Waals surface area contributed by atoms with Gasteiger partial charge in [0.05, 0.1) is 0 Å². The summed E-state index contributed by atoms with van der Waals surface area (Å²) in [6.07, 6.45) is 0. The molecular formula is C18H22FN. The zero-order chi connectivity index (χ0) is 14.7. The van der Waals surface area contributed by atoms with Crippen molar-refractivity contribution in [3.63, 3.8) is 0 Å². The summed E-state index contributed by atoms with van der Waals surface area (Å²) >= 11 is 0. The first-order chi connectivity index (χ1) is 9.47. The minimum atomic E-state index is -0.0943. The van der Waals surface area contributed by atoms with Gasteiger partial charge in [0.2, 0.25) is 0 Å². The van der Waals surface area contributed by atoms with Crippen molar-refractivity contribution in [3.8, 4) is 0 Å². The van der Waals surface area contributed by atoms with Crippen LogP contribution < -0.4 is 5.32 Å². The molecule has 0 spiro atoms. The lowest BCUT2D eigenvalue weighted by molar-refractivity contribution is 0.606. The molecule has 0 radical (unpaired) electrons. The Morgan fingerprint density at radius 1 is 0.850 bits per heavy atom. The van der Waals surface area contributed by atoms with Crippen molar-refractivity contribution >= 4 is 0 Å². The van der Waals surface area contributed by atoms with Crippen LogP contribution >= 0.6 is 0 Å². The van der Waals surface area contributed by atoms with Gasteiger partial charge in [0, 0.05) is 13.1 Å². The van der Waals surface area contributed by atoms with E-state index in [1.807, 2.05) is 26.0 Å². The molecule has 0 unspecified atom stereocenters. The smallest absolute Gasteiger partial charge is 0.129 e. The molecule has 0 aliphatic heterocycles. The van der Waals surface area contributed by atoms with Crippen LogP contribution in [0.4, 0.5) is 4.39 Å². The predicted molar refractivity (Wildman–Crippen MR) is 82.3 cm³/mol. The Bertz CT molecular complexity index is 594. The van der Waals surface area contributed by atoms with E-state index >= 15 is 0 Å². The Morgan fingerprint density at radius 3 is 2.10 bits per heavy atom. The van der Waals surface area contributed by atoms with E-state index in [1.54, 1.807) is 0 Å². The molecule has 20 heavy (non-hydrogen) atoms. The van der Waals surface area contributed by atoms with Crippen LogP contribution in [0.1, 0.15) is 33.4 Å². The van der Waals surface area contributed by atoms with E-state index in [2.05, 4.69) is 37.4 Å². The summed E-state index contributed by atoms with van der Waals surface area (Å²) in [5.41, 5.74) is 6.47. The molecule has 0 fully saturated rings. The minimum Gasteiger partial charge on any atom is -0.309 e. The van der Waals surface area contributed by atoms with E-state index in [0.29, 0.717) is 11.1 Å². The molecule has 106 valence electrons. The van der Waals surface area contributed by atoms with Gasteiger partial charge in [-0.15, -0.1) is 0 Å². The first-order valence-corrected chi connectivity index (χ1v) is 7.00. The third-order valence-corrected chi connectivity index (χ3v) is 3.64. The molecule has 0 heterocycles. The van der Waals surface area contributed by atoms with Gasteiger partial charge >= 0.3 is 0 Å². The lowest BCUT2D eigenvalue weighted by Crippen LogP contribution is -2.14. The van der Waals surface area contributed by atoms with Gasteiger partial charge in [-0.25, -0.2) is 4.39 Å². The van der Waals surface area contributed by atoms with E-state index in [-0.39, 0.29) is 5.82 Å². The lowest BCUT2D eigenvalue weighted by Gasteiger charge is -2.10. The highest BCUT2D eigenvalue weighted by atomic mass is 19.1. The van der Waals surface area contributed by atoms with Crippen LogP contribution in [-0.4, -0.2) is 0 Å². The lowest BCUT2D eigenvalue weighted by atomic mass is 10.0. The van der Waals surface area contributed by atoms with Crippen molar-refractivity contribution in [2.45, 2.75) is 40.8 Å². The molecular weight excluding hydrogens is 249 g/mol. The van der Waals surface area contributed by atoms with E-state index in [0.717, 1.165) is 18.7 Å². The zero-order valence-corrected chi connectivity index (χ0v) is 12.7. The van der Waals surface area contributed by atoms with Crippen LogP contribution in [0.3, 0.4) is 0 Å². The molecule has 1 nitrogen and oxygen atoms in total. The van der Waals surface area contributed by atoms with E-state index < -0.39 is 0 Å². The number of rotatable bonds is 4. The third-order valence-electron chi connectivity index (χ3n) is 3.64. The average Bonchev–Trinajstić information content (AvgIpc) is 2.38. The van der Waals surface area contributed by atoms with Crippen LogP contribution in [0.5, 0.6) is 0 Å². The van der Waals surface area contributed by atoms with Crippen molar-refractivity contribution in [3.05, 3.63) is 69.5 Å². The fourth-order valence-corrected chi connectivity index (χ4v) is 2.52. The second-order valence-corrected chi connectivity index (χ2v) is 5.58. The minimum absolute atomic E-state index is 0.0943. The molecule has 2 heteroatoms. The summed E-state index contributed by atoms with van der Waals surface area (Å²) < 4.78 is 13.6. The van der Waals surface area contributed by atoms with Crippen molar-refractivity contribution < 1.29 is 4.39 Å². The summed E-state index contributed by atoms with van der Waals surface area (Å²) in [5, 5.41) is 3.43. The highest BCUT2D eigenvalue weighted by Gasteiger charge is 2.04. The van der Waals surface area contributed by atoms with Gasteiger partial charge in [-0.3, -0.25) is 0 Å². The highest BCUT2D eigenvalue weighted by molar-refractivity contribution is 5.32. The van der Waals surface area contributed by atoms with Gasteiger partial charge in [0.1, 0.15) is 5.82 Å². The molecule has 0 aliphatic rings. The number of hydrogen-bond donors (Lipinski definition) is 1. The van der Waals surface area contributed by atoms with Crippen LogP contribution in [-0.2, 0) is 13.1 Å². The number of halogens is 1. The van der Waals surface area contributed by atoms with Gasteiger partial charge in [-0.1, -0.05) is 35.9 Å². The first kappa shape index (κ1) is 14.7. The van der Waals surface area contributed by atoms with Crippen molar-refractivity contribution in [1.82, 2.24) is 5.32 Å². The first-order valence-electron chi connectivity index (χ1n) is 7.00. The molecule has 2 aromatic carbocycles. The third kappa shape index (κ3) is 3.45. The largest absolute Gasteiger partial charge is 0.309 e. The standard InChI is InChI=1S/C18H22FN/c1-12-5-6-17(13(2)7-12)11-20-10-16-8-14(3)18(19)15(4)9-16/h5-9,20H,10-11H2,1-4H3. The van der Waals surface area contributed by atoms with Crippen LogP contribution in [0.25, 0.3) is 0 Å². The average molecular weight is 271 g/mol. The molecule has 0 saturated heterocycles. The Labute approximate surface area is 120 Å². The van der Waals surface area contributed by atoms with E-state index in [1.165, 1.54) is 16.7 Å². The molecule has 0 saturated carbocycles. The van der Waals surface area contributed by atoms with Gasteiger partial charge in [0.15, 0.2) is 0 Å².